The maximum absolute atomic E-state index is 13.4. The van der Waals surface area contributed by atoms with Crippen LogP contribution in [0.25, 0.3) is 21.3 Å². The van der Waals surface area contributed by atoms with E-state index in [1.165, 1.54) is 23.1 Å². The number of nitrogens with one attached hydrogen (secondary N) is 1. The van der Waals surface area contributed by atoms with E-state index in [1.807, 2.05) is 44.2 Å². The van der Waals surface area contributed by atoms with E-state index >= 15 is 0 Å². The van der Waals surface area contributed by atoms with E-state index in [0.717, 1.165) is 33.4 Å². The van der Waals surface area contributed by atoms with Crippen LogP contribution in [-0.2, 0) is 11.3 Å². The Morgan fingerprint density at radius 3 is 2.85 bits per heavy atom. The van der Waals surface area contributed by atoms with Gasteiger partial charge in [-0.05, 0) is 43.7 Å². The molecule has 0 aliphatic rings. The highest BCUT2D eigenvalue weighted by molar-refractivity contribution is 7.99. The average Bonchev–Trinajstić information content (AvgIpc) is 3.40. The molecule has 4 aromatic heterocycles. The molecule has 11 heteroatoms. The van der Waals surface area contributed by atoms with Gasteiger partial charge in [-0.25, -0.2) is 4.98 Å². The number of amides is 1. The third-order valence-corrected chi connectivity index (χ3v) is 7.81. The average molecular weight is 495 g/mol. The number of aromatic nitrogens is 5. The first-order valence-electron chi connectivity index (χ1n) is 10.1. The highest BCUT2D eigenvalue weighted by Gasteiger charge is 2.18. The summed E-state index contributed by atoms with van der Waals surface area (Å²) in [7, 11) is 0. The third kappa shape index (κ3) is 4.26. The Balaban J connectivity index is 1.45. The second-order valence-corrected chi connectivity index (χ2v) is 10.0. The zero-order chi connectivity index (χ0) is 22.9. The summed E-state index contributed by atoms with van der Waals surface area (Å²) < 4.78 is 10.1. The Hall–Kier alpha value is -3.15. The van der Waals surface area contributed by atoms with Gasteiger partial charge in [0.25, 0.3) is 5.56 Å². The number of fused-ring (bicyclic) bond motifs is 2. The summed E-state index contributed by atoms with van der Waals surface area (Å²) >= 11 is 3.83. The van der Waals surface area contributed by atoms with Crippen molar-refractivity contribution in [2.24, 2.45) is 0 Å². The molecule has 0 aliphatic carbocycles. The number of pyridine rings is 1. The van der Waals surface area contributed by atoms with Crippen LogP contribution >= 0.6 is 34.8 Å². The van der Waals surface area contributed by atoms with Crippen LogP contribution in [0, 0.1) is 13.8 Å². The van der Waals surface area contributed by atoms with Crippen molar-refractivity contribution in [3.05, 3.63) is 69.1 Å². The third-order valence-electron chi connectivity index (χ3n) is 5.19. The molecular weight excluding hydrogens is 476 g/mol. The summed E-state index contributed by atoms with van der Waals surface area (Å²) in [6, 6.07) is 11.1. The maximum Gasteiger partial charge on any atom is 0.263 e. The number of carbonyl (C=O) groups is 1. The molecule has 5 aromatic rings. The molecule has 166 valence electrons. The van der Waals surface area contributed by atoms with Gasteiger partial charge in [-0.3, -0.25) is 19.1 Å². The zero-order valence-electron chi connectivity index (χ0n) is 17.7. The summed E-state index contributed by atoms with van der Waals surface area (Å²) in [6.45, 7) is 4.21. The molecule has 0 radical (unpaired) electrons. The maximum atomic E-state index is 13.4. The Morgan fingerprint density at radius 2 is 2.03 bits per heavy atom. The van der Waals surface area contributed by atoms with Crippen molar-refractivity contribution in [2.45, 2.75) is 25.5 Å². The minimum absolute atomic E-state index is 0.0947. The van der Waals surface area contributed by atoms with Gasteiger partial charge in [-0.1, -0.05) is 23.9 Å². The summed E-state index contributed by atoms with van der Waals surface area (Å²) in [5.41, 5.74) is 3.60. The van der Waals surface area contributed by atoms with Gasteiger partial charge < -0.3 is 5.32 Å². The summed E-state index contributed by atoms with van der Waals surface area (Å²) in [5, 5.41) is 4.01. The summed E-state index contributed by atoms with van der Waals surface area (Å²) in [4.78, 5) is 37.0. The number of carbonyl (C=O) groups excluding carboxylic acids is 1. The number of hydrogen-bond donors (Lipinski definition) is 1. The fourth-order valence-corrected chi connectivity index (χ4v) is 5.85. The van der Waals surface area contributed by atoms with Gasteiger partial charge in [-0.2, -0.15) is 8.75 Å². The molecular formula is C22H18N6O2S3. The number of anilines is 1. The Bertz CT molecular complexity index is 1540. The van der Waals surface area contributed by atoms with Gasteiger partial charge >= 0.3 is 0 Å². The molecule has 0 unspecified atom stereocenters. The zero-order valence-corrected chi connectivity index (χ0v) is 20.2. The van der Waals surface area contributed by atoms with Crippen molar-refractivity contribution in [2.75, 3.05) is 11.1 Å². The van der Waals surface area contributed by atoms with Gasteiger partial charge in [0, 0.05) is 11.1 Å². The minimum atomic E-state index is -0.210. The van der Waals surface area contributed by atoms with E-state index in [4.69, 9.17) is 4.98 Å². The molecule has 0 spiro atoms. The monoisotopic (exact) mass is 494 g/mol. The second kappa shape index (κ2) is 9.00. The lowest BCUT2D eigenvalue weighted by Crippen LogP contribution is -2.25. The molecule has 1 aromatic carbocycles. The van der Waals surface area contributed by atoms with E-state index in [-0.39, 0.29) is 23.8 Å². The number of aryl methyl sites for hydroxylation is 2. The second-order valence-electron chi connectivity index (χ2n) is 7.34. The largest absolute Gasteiger partial charge is 0.323 e. The molecule has 0 saturated carbocycles. The lowest BCUT2D eigenvalue weighted by atomic mass is 10.2. The standard InChI is InChI=1S/C22H18N6O2S3/c1-12-13(2)32-20-18(12)21(30)28(10-14-6-3-4-9-23-14)22(25-20)31-11-17(29)24-15-7-5-8-16-19(15)27-33-26-16/h3-9H,10-11H2,1-2H3,(H,24,29). The molecule has 4 heterocycles. The molecule has 0 aliphatic heterocycles. The fraction of sp³-hybridized carbons (Fsp3) is 0.182. The normalized spacial score (nSPS) is 11.3. The van der Waals surface area contributed by atoms with Crippen molar-refractivity contribution >= 4 is 67.7 Å². The highest BCUT2D eigenvalue weighted by atomic mass is 32.2. The molecule has 1 amide bonds. The molecule has 0 saturated heterocycles. The van der Waals surface area contributed by atoms with Crippen molar-refractivity contribution in [1.29, 1.82) is 0 Å². The summed E-state index contributed by atoms with van der Waals surface area (Å²) in [5.74, 6) is -0.116. The Morgan fingerprint density at radius 1 is 1.15 bits per heavy atom. The topological polar surface area (TPSA) is 103 Å². The van der Waals surface area contributed by atoms with Crippen LogP contribution in [0.3, 0.4) is 0 Å². The van der Waals surface area contributed by atoms with Crippen LogP contribution < -0.4 is 10.9 Å². The van der Waals surface area contributed by atoms with E-state index in [9.17, 15) is 9.59 Å². The number of hydrogen-bond acceptors (Lipinski definition) is 9. The number of benzene rings is 1. The first kappa shape index (κ1) is 21.7. The van der Waals surface area contributed by atoms with Crippen LogP contribution in [0.1, 0.15) is 16.1 Å². The van der Waals surface area contributed by atoms with Gasteiger partial charge in [0.15, 0.2) is 5.16 Å². The van der Waals surface area contributed by atoms with Crippen LogP contribution in [0.2, 0.25) is 0 Å². The van der Waals surface area contributed by atoms with Gasteiger partial charge in [0.05, 0.1) is 40.8 Å². The van der Waals surface area contributed by atoms with E-state index in [1.54, 1.807) is 16.8 Å². The summed E-state index contributed by atoms with van der Waals surface area (Å²) in [6.07, 6.45) is 1.69. The molecule has 1 N–H and O–H groups in total. The van der Waals surface area contributed by atoms with Crippen LogP contribution in [0.15, 0.2) is 52.5 Å². The number of thiophene rings is 1. The molecule has 33 heavy (non-hydrogen) atoms. The predicted molar refractivity (Wildman–Crippen MR) is 133 cm³/mol. The van der Waals surface area contributed by atoms with Crippen molar-refractivity contribution < 1.29 is 4.79 Å². The molecule has 5 rings (SSSR count). The van der Waals surface area contributed by atoms with Crippen molar-refractivity contribution in [3.8, 4) is 0 Å². The lowest BCUT2D eigenvalue weighted by molar-refractivity contribution is -0.113. The first-order valence-corrected chi connectivity index (χ1v) is 12.6. The Labute approximate surface area is 201 Å². The Kier molecular flexibility index (Phi) is 5.92. The number of rotatable bonds is 6. The highest BCUT2D eigenvalue weighted by Crippen LogP contribution is 2.29. The predicted octanol–water partition coefficient (Wildman–Crippen LogP) is 4.25. The molecule has 8 nitrogen and oxygen atoms in total. The smallest absolute Gasteiger partial charge is 0.263 e. The lowest BCUT2D eigenvalue weighted by Gasteiger charge is -2.12. The quantitative estimate of drug-likeness (QED) is 0.278. The fourth-order valence-electron chi connectivity index (χ4n) is 3.44. The van der Waals surface area contributed by atoms with Crippen molar-refractivity contribution in [3.63, 3.8) is 0 Å². The SMILES string of the molecule is Cc1sc2nc(SCC(=O)Nc3cccc4nsnc34)n(Cc3ccccn3)c(=O)c2c1C. The van der Waals surface area contributed by atoms with Gasteiger partial charge in [0.1, 0.15) is 15.9 Å². The van der Waals surface area contributed by atoms with E-state index in [2.05, 4.69) is 19.0 Å². The van der Waals surface area contributed by atoms with Crippen LogP contribution in [0.5, 0.6) is 0 Å². The first-order chi connectivity index (χ1) is 16.0. The number of nitrogens with zero attached hydrogens (tertiary/aromatic N) is 5. The minimum Gasteiger partial charge on any atom is -0.323 e. The van der Waals surface area contributed by atoms with Crippen LogP contribution in [-0.4, -0.2) is 34.9 Å². The van der Waals surface area contributed by atoms with Crippen LogP contribution in [0.4, 0.5) is 5.69 Å². The van der Waals surface area contributed by atoms with Crippen molar-refractivity contribution in [1.82, 2.24) is 23.3 Å². The number of thioether (sulfide) groups is 1. The van der Waals surface area contributed by atoms with Gasteiger partial charge in [0.2, 0.25) is 5.91 Å². The van der Waals surface area contributed by atoms with E-state index in [0.29, 0.717) is 26.6 Å². The molecule has 0 fully saturated rings. The van der Waals surface area contributed by atoms with Gasteiger partial charge in [-0.15, -0.1) is 11.3 Å². The molecule has 0 bridgehead atoms. The van der Waals surface area contributed by atoms with E-state index < -0.39 is 0 Å². The molecule has 0 atom stereocenters.